The summed E-state index contributed by atoms with van der Waals surface area (Å²) in [7, 11) is 0. The normalized spacial score (nSPS) is 19.0. The Morgan fingerprint density at radius 1 is 1.18 bits per heavy atom. The van der Waals surface area contributed by atoms with E-state index in [0.717, 1.165) is 24.2 Å². The van der Waals surface area contributed by atoms with Crippen molar-refractivity contribution in [1.29, 1.82) is 0 Å². The maximum absolute atomic E-state index is 13.3. The molecule has 1 fully saturated rings. The van der Waals surface area contributed by atoms with Gasteiger partial charge in [-0.25, -0.2) is 0 Å². The Morgan fingerprint density at radius 2 is 2.06 bits per heavy atom. The summed E-state index contributed by atoms with van der Waals surface area (Å²) in [6.07, 6.45) is 4.92. The highest BCUT2D eigenvalue weighted by molar-refractivity contribution is 6.51. The molecule has 5 rings (SSSR count). The topological polar surface area (TPSA) is 89.0 Å². The highest BCUT2D eigenvalue weighted by atomic mass is 16.5. The summed E-state index contributed by atoms with van der Waals surface area (Å²) in [4.78, 5) is 32.2. The quantitative estimate of drug-likeness (QED) is 0.347. The Bertz CT molecular complexity index is 1290. The van der Waals surface area contributed by atoms with Crippen molar-refractivity contribution in [2.24, 2.45) is 0 Å². The number of ether oxygens (including phenoxy) is 2. The first-order valence-electron chi connectivity index (χ1n) is 11.3. The molecule has 7 heteroatoms. The van der Waals surface area contributed by atoms with Gasteiger partial charge in [0.25, 0.3) is 11.7 Å². The van der Waals surface area contributed by atoms with Crippen LogP contribution in [-0.2, 0) is 16.0 Å². The molecule has 1 atom stereocenters. The van der Waals surface area contributed by atoms with Crippen LogP contribution in [0.5, 0.6) is 11.5 Å². The SMILES string of the molecule is CCOc1cccc(N2C(=O)C(=O)/C(=C(\O)c3ccc4c(c3)CCCO4)C2c2cccnc2)c1. The number of aliphatic hydroxyl groups excluding tert-OH is 1. The number of hydrogen-bond acceptors (Lipinski definition) is 6. The molecule has 0 spiro atoms. The van der Waals surface area contributed by atoms with E-state index >= 15 is 0 Å². The number of amides is 1. The summed E-state index contributed by atoms with van der Waals surface area (Å²) in [5, 5.41) is 11.3. The van der Waals surface area contributed by atoms with Crippen LogP contribution in [0.4, 0.5) is 5.69 Å². The number of anilines is 1. The summed E-state index contributed by atoms with van der Waals surface area (Å²) in [5.74, 6) is -0.321. The summed E-state index contributed by atoms with van der Waals surface area (Å²) in [5.41, 5.74) is 2.58. The minimum absolute atomic E-state index is 0.0245. The van der Waals surface area contributed by atoms with Crippen LogP contribution in [0.3, 0.4) is 0 Å². The highest BCUT2D eigenvalue weighted by Gasteiger charge is 2.47. The molecule has 2 aromatic carbocycles. The molecule has 0 saturated carbocycles. The van der Waals surface area contributed by atoms with Crippen LogP contribution >= 0.6 is 0 Å². The Labute approximate surface area is 197 Å². The van der Waals surface area contributed by atoms with Crippen LogP contribution in [-0.4, -0.2) is 35.0 Å². The third-order valence-electron chi connectivity index (χ3n) is 6.03. The van der Waals surface area contributed by atoms with Crippen LogP contribution in [0.15, 0.2) is 72.6 Å². The number of ketones is 1. The van der Waals surface area contributed by atoms with Crippen molar-refractivity contribution in [2.45, 2.75) is 25.8 Å². The lowest BCUT2D eigenvalue weighted by Crippen LogP contribution is -2.29. The van der Waals surface area contributed by atoms with Gasteiger partial charge in [0.05, 0.1) is 24.8 Å². The second kappa shape index (κ2) is 9.02. The Hall–Kier alpha value is -4.13. The molecular weight excluding hydrogens is 432 g/mol. The molecule has 1 N–H and O–H groups in total. The molecule has 1 aromatic heterocycles. The van der Waals surface area contributed by atoms with Gasteiger partial charge in [0.1, 0.15) is 17.3 Å². The molecule has 1 amide bonds. The monoisotopic (exact) mass is 456 g/mol. The Kier molecular flexibility index (Phi) is 5.76. The number of aliphatic hydroxyl groups is 1. The first kappa shape index (κ1) is 21.7. The van der Waals surface area contributed by atoms with Crippen molar-refractivity contribution >= 4 is 23.1 Å². The fraction of sp³-hybridized carbons (Fsp3) is 0.222. The van der Waals surface area contributed by atoms with Gasteiger partial charge < -0.3 is 14.6 Å². The lowest BCUT2D eigenvalue weighted by Gasteiger charge is -2.25. The fourth-order valence-corrected chi connectivity index (χ4v) is 4.50. The van der Waals surface area contributed by atoms with Crippen molar-refractivity contribution in [3.63, 3.8) is 0 Å². The number of benzene rings is 2. The number of carbonyl (C=O) groups is 2. The van der Waals surface area contributed by atoms with Crippen LogP contribution in [0.1, 0.15) is 36.1 Å². The van der Waals surface area contributed by atoms with Gasteiger partial charge in [0.2, 0.25) is 0 Å². The zero-order valence-electron chi connectivity index (χ0n) is 18.7. The van der Waals surface area contributed by atoms with Crippen molar-refractivity contribution in [1.82, 2.24) is 4.98 Å². The fourth-order valence-electron chi connectivity index (χ4n) is 4.50. The van der Waals surface area contributed by atoms with E-state index in [4.69, 9.17) is 9.47 Å². The van der Waals surface area contributed by atoms with E-state index in [2.05, 4.69) is 4.98 Å². The van der Waals surface area contributed by atoms with E-state index < -0.39 is 17.7 Å². The van der Waals surface area contributed by atoms with E-state index in [1.165, 1.54) is 4.90 Å². The average molecular weight is 456 g/mol. The molecule has 172 valence electrons. The lowest BCUT2D eigenvalue weighted by molar-refractivity contribution is -0.132. The maximum atomic E-state index is 13.3. The van der Waals surface area contributed by atoms with Gasteiger partial charge in [0.15, 0.2) is 0 Å². The van der Waals surface area contributed by atoms with Crippen LogP contribution < -0.4 is 14.4 Å². The van der Waals surface area contributed by atoms with E-state index in [9.17, 15) is 14.7 Å². The molecule has 0 bridgehead atoms. The van der Waals surface area contributed by atoms with Gasteiger partial charge in [-0.15, -0.1) is 0 Å². The first-order chi connectivity index (χ1) is 16.6. The van der Waals surface area contributed by atoms with Crippen molar-refractivity contribution in [3.8, 4) is 11.5 Å². The Morgan fingerprint density at radius 3 is 2.85 bits per heavy atom. The van der Waals surface area contributed by atoms with Crippen molar-refractivity contribution in [3.05, 3.63) is 89.3 Å². The van der Waals surface area contributed by atoms with Gasteiger partial charge >= 0.3 is 0 Å². The molecule has 7 nitrogen and oxygen atoms in total. The number of aromatic nitrogens is 1. The van der Waals surface area contributed by atoms with E-state index in [1.54, 1.807) is 60.9 Å². The standard InChI is InChI=1S/C27H24N2O5/c1-2-33-21-9-3-8-20(15-21)29-24(19-6-4-12-28-16-19)23(26(31)27(29)32)25(30)18-10-11-22-17(14-18)7-5-13-34-22/h3-4,6,8-12,14-16,24,30H,2,5,7,13H2,1H3/b25-23-. The van der Waals surface area contributed by atoms with Gasteiger partial charge in [-0.3, -0.25) is 19.5 Å². The minimum Gasteiger partial charge on any atom is -0.507 e. The van der Waals surface area contributed by atoms with Crippen LogP contribution in [0.25, 0.3) is 5.76 Å². The maximum Gasteiger partial charge on any atom is 0.300 e. The summed E-state index contributed by atoms with van der Waals surface area (Å²) in [6, 6.07) is 15.0. The van der Waals surface area contributed by atoms with E-state index in [-0.39, 0.29) is 11.3 Å². The molecule has 3 heterocycles. The number of rotatable bonds is 5. The highest BCUT2D eigenvalue weighted by Crippen LogP contribution is 2.43. The molecule has 0 aliphatic carbocycles. The molecule has 3 aromatic rings. The number of aryl methyl sites for hydroxylation is 1. The van der Waals surface area contributed by atoms with Gasteiger partial charge in [-0.1, -0.05) is 12.1 Å². The Balaban J connectivity index is 1.66. The second-order valence-corrected chi connectivity index (χ2v) is 8.16. The zero-order valence-corrected chi connectivity index (χ0v) is 18.7. The first-order valence-corrected chi connectivity index (χ1v) is 11.3. The van der Waals surface area contributed by atoms with Crippen molar-refractivity contribution < 1.29 is 24.2 Å². The molecule has 2 aliphatic heterocycles. The summed E-state index contributed by atoms with van der Waals surface area (Å²) in [6.45, 7) is 3.00. The predicted molar refractivity (Wildman–Crippen MR) is 127 cm³/mol. The summed E-state index contributed by atoms with van der Waals surface area (Å²) < 4.78 is 11.3. The lowest BCUT2D eigenvalue weighted by atomic mass is 9.94. The third kappa shape index (κ3) is 3.79. The van der Waals surface area contributed by atoms with Crippen LogP contribution in [0, 0.1) is 0 Å². The number of fused-ring (bicyclic) bond motifs is 1. The number of pyridine rings is 1. The van der Waals surface area contributed by atoms with Gasteiger partial charge in [-0.05, 0) is 67.3 Å². The molecule has 0 radical (unpaired) electrons. The smallest absolute Gasteiger partial charge is 0.300 e. The largest absolute Gasteiger partial charge is 0.507 e. The molecule has 2 aliphatic rings. The number of carbonyl (C=O) groups excluding carboxylic acids is 2. The minimum atomic E-state index is -0.835. The number of nitrogens with zero attached hydrogens (tertiary/aromatic N) is 2. The number of hydrogen-bond donors (Lipinski definition) is 1. The molecular formula is C27H24N2O5. The van der Waals surface area contributed by atoms with Gasteiger partial charge in [0, 0.05) is 29.7 Å². The summed E-state index contributed by atoms with van der Waals surface area (Å²) >= 11 is 0. The van der Waals surface area contributed by atoms with Gasteiger partial charge in [-0.2, -0.15) is 0 Å². The molecule has 1 unspecified atom stereocenters. The molecule has 34 heavy (non-hydrogen) atoms. The van der Waals surface area contributed by atoms with E-state index in [1.807, 2.05) is 13.0 Å². The van der Waals surface area contributed by atoms with Crippen LogP contribution in [0.2, 0.25) is 0 Å². The average Bonchev–Trinajstić information content (AvgIpc) is 3.14. The second-order valence-electron chi connectivity index (χ2n) is 8.16. The zero-order chi connectivity index (χ0) is 23.7. The third-order valence-corrected chi connectivity index (χ3v) is 6.03. The predicted octanol–water partition coefficient (Wildman–Crippen LogP) is 4.43. The molecule has 1 saturated heterocycles. The number of Topliss-reactive ketones (excluding diaryl/α,β-unsaturated/α-hetero) is 1. The van der Waals surface area contributed by atoms with Crippen molar-refractivity contribution in [2.75, 3.05) is 18.1 Å². The van der Waals surface area contributed by atoms with E-state index in [0.29, 0.717) is 35.8 Å².